The molecule has 0 N–H and O–H groups in total. The highest BCUT2D eigenvalue weighted by molar-refractivity contribution is 14.1. The summed E-state index contributed by atoms with van der Waals surface area (Å²) in [6.45, 7) is 31.1. The van der Waals surface area contributed by atoms with Gasteiger partial charge in [-0.25, -0.2) is 29.0 Å². The van der Waals surface area contributed by atoms with Crippen LogP contribution in [0.15, 0.2) is 120 Å². The molecule has 464 valence electrons. The van der Waals surface area contributed by atoms with E-state index in [-0.39, 0.29) is 23.2 Å². The van der Waals surface area contributed by atoms with Gasteiger partial charge in [-0.1, -0.05) is 144 Å². The first-order valence-electron chi connectivity index (χ1n) is 29.9. The van der Waals surface area contributed by atoms with E-state index in [1.165, 1.54) is 0 Å². The summed E-state index contributed by atoms with van der Waals surface area (Å²) < 4.78 is 23.8. The number of hydrogen-bond donors (Lipinski definition) is 0. The van der Waals surface area contributed by atoms with Crippen LogP contribution in [-0.2, 0) is 22.9 Å². The van der Waals surface area contributed by atoms with Crippen LogP contribution in [0.5, 0.6) is 0 Å². The van der Waals surface area contributed by atoms with Gasteiger partial charge in [-0.3, -0.25) is 18.7 Å². The van der Waals surface area contributed by atoms with Gasteiger partial charge in [0.15, 0.2) is 11.6 Å². The number of para-hydroxylation sites is 2. The van der Waals surface area contributed by atoms with Crippen molar-refractivity contribution in [3.8, 4) is 34.8 Å². The zero-order valence-corrected chi connectivity index (χ0v) is 60.4. The maximum Gasteiger partial charge on any atom is 0.284 e. The van der Waals surface area contributed by atoms with E-state index in [1.807, 2.05) is 76.0 Å². The molecular formula is C64H77Cl2IN14O4Si4. The number of ether oxygens (including phenoxy) is 2. The Kier molecular flexibility index (Phi) is 19.6. The minimum absolute atomic E-state index is 0.145. The van der Waals surface area contributed by atoms with Crippen molar-refractivity contribution in [1.29, 1.82) is 0 Å². The number of anilines is 2. The molecule has 10 heterocycles. The number of aromatic nitrogens is 12. The van der Waals surface area contributed by atoms with Gasteiger partial charge in [0.05, 0.1) is 49.8 Å². The molecule has 0 radical (unpaired) electrons. The molecule has 8 aromatic heterocycles. The maximum atomic E-state index is 13.9. The first kappa shape index (κ1) is 65.3. The van der Waals surface area contributed by atoms with Crippen LogP contribution in [-0.4, -0.2) is 116 Å². The van der Waals surface area contributed by atoms with E-state index in [1.54, 1.807) is 55.3 Å². The minimum Gasteiger partial charge on any atom is -0.361 e. The van der Waals surface area contributed by atoms with Crippen LogP contribution in [0, 0.1) is 27.0 Å². The first-order valence-corrected chi connectivity index (χ1v) is 46.2. The lowest BCUT2D eigenvalue weighted by molar-refractivity contribution is 0.0897. The van der Waals surface area contributed by atoms with Crippen molar-refractivity contribution >= 4 is 123 Å². The van der Waals surface area contributed by atoms with Gasteiger partial charge < -0.3 is 28.4 Å². The van der Waals surface area contributed by atoms with Crippen molar-refractivity contribution in [2.45, 2.75) is 129 Å². The summed E-state index contributed by atoms with van der Waals surface area (Å²) in [6, 6.07) is 24.5. The smallest absolute Gasteiger partial charge is 0.284 e. The third-order valence-corrected chi connectivity index (χ3v) is 21.8. The Hall–Kier alpha value is -6.66. The van der Waals surface area contributed by atoms with E-state index < -0.39 is 32.3 Å². The van der Waals surface area contributed by atoms with Gasteiger partial charge in [0.2, 0.25) is 0 Å². The van der Waals surface area contributed by atoms with E-state index in [9.17, 15) is 9.59 Å². The molecule has 18 nitrogen and oxygen atoms in total. The summed E-state index contributed by atoms with van der Waals surface area (Å²) in [7, 11) is -5.14. The number of rotatable bonds is 16. The maximum absolute atomic E-state index is 13.9. The standard InChI is InChI=1S/C32H38ClN7O2Si2.C27H29ClIN7O2Si.C5H10Si/c1-43(2,3)18-14-23-20-37(22-42-17-19-44(4,5)6)30-27(23)31(35-21-34-30)38-15-13-26(38)29-36-39-16-12-25(33)28(39)32(41)40(29)24-10-8-7-9-11-24;1-39(2,3)14-13-38-17-33-15-20(29)22-25(33)30-16-31-26(22)34-11-10-21(34)24-32-35-12-9-19(28)23(35)27(37)36(24)18-7-5-4-6-8-18;1-5-6(2,3)4/h7-12,16,20-21,26H,13,15,17,19,22H2,1-6H3;4-9,12,15-16,21H,10-11,13-14,17H2,1-3H3;1H,2-4H3/t26-;21-;/m00./s1. The first-order chi connectivity index (χ1) is 42.2. The summed E-state index contributed by atoms with van der Waals surface area (Å²) in [6.07, 6.45) is 17.5. The second-order valence-electron chi connectivity index (χ2n) is 26.9. The molecule has 12 rings (SSSR count). The van der Waals surface area contributed by atoms with Crippen LogP contribution < -0.4 is 20.9 Å². The number of fused-ring (bicyclic) bond motifs is 4. The molecule has 10 aromatic rings. The van der Waals surface area contributed by atoms with Gasteiger partial charge >= 0.3 is 0 Å². The number of hydrogen-bond acceptors (Lipinski definition) is 12. The van der Waals surface area contributed by atoms with E-state index in [0.717, 1.165) is 98.8 Å². The Bertz CT molecular complexity index is 4450. The molecular weight excluding hydrogens is 1340 g/mol. The van der Waals surface area contributed by atoms with Gasteiger partial charge in [-0.05, 0) is 83.9 Å². The molecule has 0 amide bonds. The predicted octanol–water partition coefficient (Wildman–Crippen LogP) is 13.6. The van der Waals surface area contributed by atoms with Crippen molar-refractivity contribution in [3.05, 3.63) is 162 Å². The fraction of sp³-hybridized carbons (Fsp3) is 0.375. The molecule has 2 fully saturated rings. The normalized spacial score (nSPS) is 15.3. The number of benzene rings is 2. The molecule has 2 aliphatic heterocycles. The fourth-order valence-corrected chi connectivity index (χ4v) is 13.5. The summed E-state index contributed by atoms with van der Waals surface area (Å²) in [5.41, 5.74) is 10.6. The molecule has 0 spiro atoms. The highest BCUT2D eigenvalue weighted by Gasteiger charge is 2.39. The topological polar surface area (TPSA) is 165 Å². The molecule has 2 aliphatic rings. The predicted molar refractivity (Wildman–Crippen MR) is 379 cm³/mol. The van der Waals surface area contributed by atoms with Gasteiger partial charge in [0.1, 0.15) is 76.2 Å². The van der Waals surface area contributed by atoms with E-state index >= 15 is 0 Å². The van der Waals surface area contributed by atoms with Crippen molar-refractivity contribution < 1.29 is 9.47 Å². The second-order valence-corrected chi connectivity index (χ2v) is 49.7. The van der Waals surface area contributed by atoms with Crippen LogP contribution in [0.4, 0.5) is 11.6 Å². The van der Waals surface area contributed by atoms with Gasteiger partial charge in [-0.15, -0.1) is 17.5 Å². The van der Waals surface area contributed by atoms with Crippen LogP contribution in [0.1, 0.15) is 42.1 Å². The summed E-state index contributed by atoms with van der Waals surface area (Å²) in [5, 5.41) is 12.5. The van der Waals surface area contributed by atoms with Gasteiger partial charge in [0.25, 0.3) is 11.1 Å². The quantitative estimate of drug-likeness (QED) is 0.0390. The number of nitrogens with zero attached hydrogens (tertiary/aromatic N) is 14. The molecule has 0 saturated carbocycles. The van der Waals surface area contributed by atoms with Crippen LogP contribution in [0.2, 0.25) is 101 Å². The molecule has 25 heteroatoms. The van der Waals surface area contributed by atoms with Crippen molar-refractivity contribution in [2.75, 3.05) is 36.1 Å². The Morgan fingerprint density at radius 2 is 1.02 bits per heavy atom. The average Bonchev–Trinajstić information content (AvgIpc) is 1.74. The number of halogens is 3. The summed E-state index contributed by atoms with van der Waals surface area (Å²) in [4.78, 5) is 50.9. The molecule has 2 atom stereocenters. The van der Waals surface area contributed by atoms with Crippen molar-refractivity contribution in [2.24, 2.45) is 0 Å². The average molecular weight is 1420 g/mol. The zero-order chi connectivity index (χ0) is 63.7. The molecule has 0 aliphatic carbocycles. The Morgan fingerprint density at radius 1 is 0.596 bits per heavy atom. The Morgan fingerprint density at radius 3 is 1.43 bits per heavy atom. The summed E-state index contributed by atoms with van der Waals surface area (Å²) >= 11 is 15.2. The monoisotopic (exact) mass is 1410 g/mol. The van der Waals surface area contributed by atoms with Crippen molar-refractivity contribution in [3.63, 3.8) is 0 Å². The van der Waals surface area contributed by atoms with E-state index in [0.29, 0.717) is 52.8 Å². The fourth-order valence-electron chi connectivity index (χ4n) is 10.2. The third kappa shape index (κ3) is 14.7. The van der Waals surface area contributed by atoms with Crippen molar-refractivity contribution in [1.82, 2.24) is 57.4 Å². The molecule has 0 bridgehead atoms. The highest BCUT2D eigenvalue weighted by atomic mass is 127. The van der Waals surface area contributed by atoms with Gasteiger partial charge in [0, 0.05) is 70.8 Å². The Labute approximate surface area is 547 Å². The molecule has 2 aromatic carbocycles. The molecule has 0 unspecified atom stereocenters. The SMILES string of the molecule is C#C[Si](C)(C)C.C[Si](C)(C)C#Cc1cn(COCC[Si](C)(C)C)c2ncnc(N3CC[C@H]3c3nn4ccc(Cl)c4c(=O)n3-c3ccccc3)c12.C[Si](C)(C)CCOCn1cc(I)c2c(N3CC[C@H]3c3nn4ccc(Cl)c4c(=O)n3-c3ccccc3)ncnc21. The Balaban J connectivity index is 0.000000181. The minimum atomic E-state index is -1.66. The summed E-state index contributed by atoms with van der Waals surface area (Å²) in [5.74, 6) is 6.37. The lowest BCUT2D eigenvalue weighted by atomic mass is 10.0. The molecule has 2 saturated heterocycles. The highest BCUT2D eigenvalue weighted by Crippen LogP contribution is 2.42. The lowest BCUT2D eigenvalue weighted by Crippen LogP contribution is -2.45. The van der Waals surface area contributed by atoms with Crippen LogP contribution in [0.3, 0.4) is 0 Å². The van der Waals surface area contributed by atoms with E-state index in [2.05, 4.69) is 139 Å². The zero-order valence-electron chi connectivity index (χ0n) is 52.7. The van der Waals surface area contributed by atoms with Gasteiger partial charge in [-0.2, -0.15) is 10.2 Å². The lowest BCUT2D eigenvalue weighted by Gasteiger charge is -2.42. The molecule has 89 heavy (non-hydrogen) atoms. The second kappa shape index (κ2) is 26.7. The third-order valence-electron chi connectivity index (χ3n) is 15.2. The number of terminal acetylenes is 1. The van der Waals surface area contributed by atoms with E-state index in [4.69, 9.17) is 64.2 Å². The largest absolute Gasteiger partial charge is 0.361 e. The van der Waals surface area contributed by atoms with Crippen LogP contribution in [0.25, 0.3) is 44.5 Å². The van der Waals surface area contributed by atoms with Crippen LogP contribution >= 0.6 is 45.8 Å².